The molecule has 0 fully saturated rings. The van der Waals surface area contributed by atoms with Gasteiger partial charge in [-0.1, -0.05) is 6.42 Å². The second kappa shape index (κ2) is 6.18. The second-order valence-corrected chi connectivity index (χ2v) is 4.18. The molecule has 0 aliphatic heterocycles. The summed E-state index contributed by atoms with van der Waals surface area (Å²) in [5.74, 6) is -0.768. The van der Waals surface area contributed by atoms with Gasteiger partial charge in [0.2, 0.25) is 0 Å². The minimum absolute atomic E-state index is 0.194. The van der Waals surface area contributed by atoms with Crippen molar-refractivity contribution in [2.75, 3.05) is 0 Å². The van der Waals surface area contributed by atoms with Crippen LogP contribution in [0.5, 0.6) is 0 Å². The monoisotopic (exact) mass is 238 g/mol. The third kappa shape index (κ3) is 4.38. The van der Waals surface area contributed by atoms with E-state index in [0.29, 0.717) is 13.0 Å². The van der Waals surface area contributed by atoms with Crippen LogP contribution in [0.1, 0.15) is 37.1 Å². The molecule has 5 nitrogen and oxygen atoms in total. The molecule has 94 valence electrons. The fourth-order valence-corrected chi connectivity index (χ4v) is 1.77. The summed E-state index contributed by atoms with van der Waals surface area (Å²) in [5, 5.41) is 8.48. The predicted molar refractivity (Wildman–Crippen MR) is 64.1 cm³/mol. The van der Waals surface area contributed by atoms with Gasteiger partial charge in [-0.05, 0) is 32.8 Å². The topological polar surface area (TPSA) is 72.2 Å². The normalized spacial score (nSPS) is 10.5. The summed E-state index contributed by atoms with van der Waals surface area (Å²) in [6, 6.07) is 1.87. The van der Waals surface area contributed by atoms with Crippen LogP contribution in [0.15, 0.2) is 10.9 Å². The Hall–Kier alpha value is -1.65. The van der Waals surface area contributed by atoms with Crippen molar-refractivity contribution in [2.24, 2.45) is 0 Å². The van der Waals surface area contributed by atoms with Gasteiger partial charge in [0, 0.05) is 24.4 Å². The van der Waals surface area contributed by atoms with Gasteiger partial charge in [0.25, 0.3) is 0 Å². The quantitative estimate of drug-likeness (QED) is 0.762. The average molecular weight is 238 g/mol. The Balaban J connectivity index is 2.47. The average Bonchev–Trinajstić information content (AvgIpc) is 2.20. The highest BCUT2D eigenvalue weighted by Crippen LogP contribution is 2.03. The summed E-state index contributed by atoms with van der Waals surface area (Å²) in [6.07, 6.45) is 2.47. The molecule has 0 aliphatic carbocycles. The van der Waals surface area contributed by atoms with Crippen LogP contribution in [0.2, 0.25) is 0 Å². The van der Waals surface area contributed by atoms with Crippen LogP contribution in [0.4, 0.5) is 0 Å². The molecular formula is C12H18N2O3. The molecule has 0 aliphatic rings. The van der Waals surface area contributed by atoms with Crippen LogP contribution in [0.3, 0.4) is 0 Å². The van der Waals surface area contributed by atoms with Crippen molar-refractivity contribution in [2.45, 2.75) is 46.1 Å². The lowest BCUT2D eigenvalue weighted by atomic mass is 10.2. The molecule has 1 rings (SSSR count). The number of carbonyl (C=O) groups is 1. The van der Waals surface area contributed by atoms with Gasteiger partial charge in [-0.3, -0.25) is 9.36 Å². The van der Waals surface area contributed by atoms with Gasteiger partial charge < -0.3 is 5.11 Å². The Bertz CT molecular complexity index is 452. The smallest absolute Gasteiger partial charge is 0.347 e. The van der Waals surface area contributed by atoms with E-state index in [1.807, 2.05) is 13.0 Å². The zero-order valence-corrected chi connectivity index (χ0v) is 10.3. The van der Waals surface area contributed by atoms with E-state index in [4.69, 9.17) is 5.11 Å². The van der Waals surface area contributed by atoms with Gasteiger partial charge in [0.05, 0.1) is 0 Å². The summed E-state index contributed by atoms with van der Waals surface area (Å²) in [6.45, 7) is 4.29. The molecule has 1 aromatic heterocycles. The fourth-order valence-electron chi connectivity index (χ4n) is 1.77. The highest BCUT2D eigenvalue weighted by molar-refractivity contribution is 5.66. The molecule has 5 heteroatoms. The molecule has 17 heavy (non-hydrogen) atoms. The first-order valence-electron chi connectivity index (χ1n) is 5.77. The first-order valence-corrected chi connectivity index (χ1v) is 5.77. The maximum Gasteiger partial charge on any atom is 0.347 e. The minimum Gasteiger partial charge on any atom is -0.481 e. The van der Waals surface area contributed by atoms with E-state index < -0.39 is 5.97 Å². The lowest BCUT2D eigenvalue weighted by molar-refractivity contribution is -0.137. The van der Waals surface area contributed by atoms with Crippen molar-refractivity contribution in [3.8, 4) is 0 Å². The molecule has 0 amide bonds. The molecule has 0 radical (unpaired) electrons. The Labute approximate surface area is 100 Å². The van der Waals surface area contributed by atoms with E-state index in [0.717, 1.165) is 24.2 Å². The van der Waals surface area contributed by atoms with Gasteiger partial charge in [0.15, 0.2) is 0 Å². The van der Waals surface area contributed by atoms with Crippen molar-refractivity contribution in [3.63, 3.8) is 0 Å². The van der Waals surface area contributed by atoms with Gasteiger partial charge in [-0.25, -0.2) is 4.79 Å². The number of aliphatic carboxylic acids is 1. The number of carboxylic acids is 1. The summed E-state index contributed by atoms with van der Waals surface area (Å²) in [4.78, 5) is 25.8. The summed E-state index contributed by atoms with van der Waals surface area (Å²) < 4.78 is 1.63. The largest absolute Gasteiger partial charge is 0.481 e. The summed E-state index contributed by atoms with van der Waals surface area (Å²) in [7, 11) is 0. The molecule has 0 saturated heterocycles. The Morgan fingerprint density at radius 3 is 2.65 bits per heavy atom. The maximum absolute atomic E-state index is 11.6. The van der Waals surface area contributed by atoms with E-state index in [1.54, 1.807) is 11.5 Å². The van der Waals surface area contributed by atoms with Crippen LogP contribution < -0.4 is 5.69 Å². The Kier molecular flexibility index (Phi) is 4.87. The zero-order chi connectivity index (χ0) is 12.8. The van der Waals surface area contributed by atoms with Crippen LogP contribution in [0, 0.1) is 13.8 Å². The molecule has 1 N–H and O–H groups in total. The molecule has 0 saturated carbocycles. The predicted octanol–water partition coefficient (Wildman–Crippen LogP) is 1.51. The van der Waals surface area contributed by atoms with Gasteiger partial charge in [-0.2, -0.15) is 4.98 Å². The second-order valence-electron chi connectivity index (χ2n) is 4.18. The lowest BCUT2D eigenvalue weighted by Crippen LogP contribution is -2.25. The van der Waals surface area contributed by atoms with Crippen LogP contribution in [0.25, 0.3) is 0 Å². The van der Waals surface area contributed by atoms with Crippen LogP contribution >= 0.6 is 0 Å². The van der Waals surface area contributed by atoms with Crippen molar-refractivity contribution in [1.82, 2.24) is 9.55 Å². The van der Waals surface area contributed by atoms with Gasteiger partial charge in [0.1, 0.15) is 0 Å². The number of rotatable bonds is 6. The molecule has 0 bridgehead atoms. The summed E-state index contributed by atoms with van der Waals surface area (Å²) >= 11 is 0. The molecule has 1 heterocycles. The first-order chi connectivity index (χ1) is 8.00. The maximum atomic E-state index is 11.6. The fraction of sp³-hybridized carbons (Fsp3) is 0.583. The van der Waals surface area contributed by atoms with E-state index >= 15 is 0 Å². The number of hydrogen-bond donors (Lipinski definition) is 1. The Morgan fingerprint density at radius 1 is 1.35 bits per heavy atom. The first kappa shape index (κ1) is 13.4. The number of aryl methyl sites for hydroxylation is 2. The van der Waals surface area contributed by atoms with E-state index in [-0.39, 0.29) is 12.1 Å². The van der Waals surface area contributed by atoms with Crippen molar-refractivity contribution < 1.29 is 9.90 Å². The molecule has 1 aromatic rings. The number of aromatic nitrogens is 2. The zero-order valence-electron chi connectivity index (χ0n) is 10.3. The van der Waals surface area contributed by atoms with Crippen LogP contribution in [-0.4, -0.2) is 20.6 Å². The molecule has 0 spiro atoms. The van der Waals surface area contributed by atoms with Gasteiger partial charge >= 0.3 is 11.7 Å². The number of hydrogen-bond acceptors (Lipinski definition) is 3. The Morgan fingerprint density at radius 2 is 2.06 bits per heavy atom. The van der Waals surface area contributed by atoms with E-state index in [1.165, 1.54) is 0 Å². The molecule has 0 aromatic carbocycles. The van der Waals surface area contributed by atoms with Crippen molar-refractivity contribution in [1.29, 1.82) is 0 Å². The SMILES string of the molecule is Cc1cc(C)n(CCCCCC(=O)O)c(=O)n1. The number of unbranched alkanes of at least 4 members (excludes halogenated alkanes) is 2. The highest BCUT2D eigenvalue weighted by atomic mass is 16.4. The minimum atomic E-state index is -0.768. The summed E-state index contributed by atoms with van der Waals surface area (Å²) in [5.41, 5.74) is 1.41. The highest BCUT2D eigenvalue weighted by Gasteiger charge is 2.03. The van der Waals surface area contributed by atoms with Crippen molar-refractivity contribution >= 4 is 5.97 Å². The van der Waals surface area contributed by atoms with E-state index in [9.17, 15) is 9.59 Å². The number of carboxylic acid groups (broad SMARTS) is 1. The van der Waals surface area contributed by atoms with Gasteiger partial charge in [-0.15, -0.1) is 0 Å². The molecule has 0 unspecified atom stereocenters. The molecular weight excluding hydrogens is 220 g/mol. The van der Waals surface area contributed by atoms with Crippen molar-refractivity contribution in [3.05, 3.63) is 27.9 Å². The third-order valence-electron chi connectivity index (χ3n) is 2.62. The number of nitrogens with zero attached hydrogens (tertiary/aromatic N) is 2. The standard InChI is InChI=1S/C12H18N2O3/c1-9-8-10(2)14(12(17)13-9)7-5-3-4-6-11(15)16/h8H,3-7H2,1-2H3,(H,15,16). The third-order valence-corrected chi connectivity index (χ3v) is 2.62. The van der Waals surface area contributed by atoms with E-state index in [2.05, 4.69) is 4.98 Å². The lowest BCUT2D eigenvalue weighted by Gasteiger charge is -2.09. The molecule has 0 atom stereocenters. The van der Waals surface area contributed by atoms with Crippen LogP contribution in [-0.2, 0) is 11.3 Å².